The number of nitrogens with zero attached hydrogens (tertiary/aromatic N) is 2. The first-order chi connectivity index (χ1) is 9.99. The molecule has 0 radical (unpaired) electrons. The Morgan fingerprint density at radius 3 is 2.57 bits per heavy atom. The summed E-state index contributed by atoms with van der Waals surface area (Å²) in [5.74, 6) is -1.21. The number of benzene rings is 1. The third-order valence-corrected chi connectivity index (χ3v) is 4.03. The Balaban J connectivity index is 2.04. The number of anilines is 1. The van der Waals surface area contributed by atoms with Crippen molar-refractivity contribution in [2.24, 2.45) is 0 Å². The van der Waals surface area contributed by atoms with Gasteiger partial charge >= 0.3 is 0 Å². The second kappa shape index (κ2) is 5.30. The smallest absolute Gasteiger partial charge is 0.299 e. The summed E-state index contributed by atoms with van der Waals surface area (Å²) in [5, 5.41) is 0.964. The summed E-state index contributed by atoms with van der Waals surface area (Å²) >= 11 is 17.9. The van der Waals surface area contributed by atoms with E-state index in [0.717, 1.165) is 0 Å². The Bertz CT molecular complexity index is 777. The molecule has 21 heavy (non-hydrogen) atoms. The van der Waals surface area contributed by atoms with Crippen LogP contribution in [-0.2, 0) is 11.3 Å². The van der Waals surface area contributed by atoms with Crippen LogP contribution in [0.5, 0.6) is 0 Å². The topological polar surface area (TPSA) is 50.3 Å². The number of fused-ring (bicyclic) bond motifs is 1. The molecule has 2 heterocycles. The summed E-state index contributed by atoms with van der Waals surface area (Å²) in [6, 6.07) is 6.31. The van der Waals surface area contributed by atoms with E-state index < -0.39 is 11.7 Å². The maximum Gasteiger partial charge on any atom is 0.299 e. The SMILES string of the molecule is O=C1C(=O)N(Cc2cnc(Cl)cc2Cl)c2c(Cl)cccc21. The zero-order chi connectivity index (χ0) is 15.1. The van der Waals surface area contributed by atoms with Crippen LogP contribution >= 0.6 is 34.8 Å². The van der Waals surface area contributed by atoms with Crippen molar-refractivity contribution in [1.82, 2.24) is 4.98 Å². The molecule has 3 rings (SSSR count). The lowest BCUT2D eigenvalue weighted by molar-refractivity contribution is -0.114. The summed E-state index contributed by atoms with van der Waals surface area (Å²) in [6.07, 6.45) is 1.47. The molecule has 0 N–H and O–H groups in total. The average Bonchev–Trinajstić information content (AvgIpc) is 2.68. The van der Waals surface area contributed by atoms with Crippen molar-refractivity contribution >= 4 is 52.2 Å². The van der Waals surface area contributed by atoms with E-state index >= 15 is 0 Å². The van der Waals surface area contributed by atoms with Crippen molar-refractivity contribution in [3.8, 4) is 0 Å². The number of carbonyl (C=O) groups excluding carboxylic acids is 2. The molecule has 1 aliphatic rings. The maximum absolute atomic E-state index is 12.1. The zero-order valence-electron chi connectivity index (χ0n) is 10.4. The van der Waals surface area contributed by atoms with Crippen LogP contribution < -0.4 is 4.90 Å². The molecule has 0 unspecified atom stereocenters. The Morgan fingerprint density at radius 2 is 1.86 bits per heavy atom. The first-order valence-corrected chi connectivity index (χ1v) is 7.07. The molecular formula is C14H7Cl3N2O2. The molecule has 0 aliphatic carbocycles. The molecule has 4 nitrogen and oxygen atoms in total. The summed E-state index contributed by atoms with van der Waals surface area (Å²) in [5.41, 5.74) is 1.28. The Morgan fingerprint density at radius 1 is 1.10 bits per heavy atom. The molecular weight excluding hydrogens is 335 g/mol. The second-order valence-electron chi connectivity index (χ2n) is 4.45. The van der Waals surface area contributed by atoms with E-state index in [1.54, 1.807) is 18.2 Å². The van der Waals surface area contributed by atoms with Gasteiger partial charge in [0.1, 0.15) is 5.15 Å². The molecule has 106 valence electrons. The molecule has 1 aliphatic heterocycles. The number of Topliss-reactive ketones (excluding diaryl/α,β-unsaturated/α-hetero) is 1. The number of hydrogen-bond acceptors (Lipinski definition) is 3. The van der Waals surface area contributed by atoms with Crippen LogP contribution in [0.4, 0.5) is 5.69 Å². The van der Waals surface area contributed by atoms with E-state index in [-0.39, 0.29) is 11.7 Å². The lowest BCUT2D eigenvalue weighted by atomic mass is 10.1. The van der Waals surface area contributed by atoms with Crippen LogP contribution in [0.1, 0.15) is 15.9 Å². The average molecular weight is 342 g/mol. The van der Waals surface area contributed by atoms with Gasteiger partial charge in [0.15, 0.2) is 0 Å². The van der Waals surface area contributed by atoms with E-state index in [9.17, 15) is 9.59 Å². The van der Waals surface area contributed by atoms with Gasteiger partial charge in [-0.25, -0.2) is 4.98 Å². The summed E-state index contributed by atoms with van der Waals surface area (Å²) < 4.78 is 0. The van der Waals surface area contributed by atoms with Crippen molar-refractivity contribution in [3.05, 3.63) is 56.8 Å². The number of rotatable bonds is 2. The van der Waals surface area contributed by atoms with Gasteiger partial charge in [0, 0.05) is 11.8 Å². The highest BCUT2D eigenvalue weighted by Crippen LogP contribution is 2.37. The largest absolute Gasteiger partial charge is 0.299 e. The molecule has 0 fully saturated rings. The zero-order valence-corrected chi connectivity index (χ0v) is 12.7. The van der Waals surface area contributed by atoms with Gasteiger partial charge in [-0.05, 0) is 18.2 Å². The molecule has 0 saturated carbocycles. The number of pyridine rings is 1. The molecule has 0 bridgehead atoms. The van der Waals surface area contributed by atoms with Gasteiger partial charge in [0.2, 0.25) is 0 Å². The summed E-state index contributed by atoms with van der Waals surface area (Å²) in [7, 11) is 0. The van der Waals surface area contributed by atoms with Gasteiger partial charge < -0.3 is 0 Å². The van der Waals surface area contributed by atoms with Crippen molar-refractivity contribution in [2.75, 3.05) is 4.90 Å². The summed E-state index contributed by atoms with van der Waals surface area (Å²) in [6.45, 7) is 0.101. The van der Waals surface area contributed by atoms with Gasteiger partial charge in [0.05, 0.1) is 27.8 Å². The fourth-order valence-electron chi connectivity index (χ4n) is 2.19. The van der Waals surface area contributed by atoms with Crippen LogP contribution in [0.25, 0.3) is 0 Å². The van der Waals surface area contributed by atoms with Crippen LogP contribution in [-0.4, -0.2) is 16.7 Å². The number of halogens is 3. The monoisotopic (exact) mass is 340 g/mol. The second-order valence-corrected chi connectivity index (χ2v) is 5.66. The van der Waals surface area contributed by atoms with Gasteiger partial charge in [-0.3, -0.25) is 14.5 Å². The highest BCUT2D eigenvalue weighted by atomic mass is 35.5. The van der Waals surface area contributed by atoms with Crippen LogP contribution in [0.3, 0.4) is 0 Å². The Labute approximate surface area is 135 Å². The predicted molar refractivity (Wildman–Crippen MR) is 81.2 cm³/mol. The fourth-order valence-corrected chi connectivity index (χ4v) is 2.89. The molecule has 7 heteroatoms. The minimum Gasteiger partial charge on any atom is -0.299 e. The molecule has 1 aromatic heterocycles. The quantitative estimate of drug-likeness (QED) is 0.617. The van der Waals surface area contributed by atoms with E-state index in [4.69, 9.17) is 34.8 Å². The maximum atomic E-state index is 12.1. The lowest BCUT2D eigenvalue weighted by Crippen LogP contribution is -2.29. The van der Waals surface area contributed by atoms with Crippen molar-refractivity contribution in [3.63, 3.8) is 0 Å². The molecule has 2 aromatic rings. The number of para-hydroxylation sites is 1. The molecule has 1 aromatic carbocycles. The van der Waals surface area contributed by atoms with Crippen LogP contribution in [0, 0.1) is 0 Å². The predicted octanol–water partition coefficient (Wildman–Crippen LogP) is 3.77. The number of aromatic nitrogens is 1. The lowest BCUT2D eigenvalue weighted by Gasteiger charge is -2.18. The van der Waals surface area contributed by atoms with Crippen LogP contribution in [0.15, 0.2) is 30.5 Å². The van der Waals surface area contributed by atoms with E-state index in [0.29, 0.717) is 26.9 Å². The minimum absolute atomic E-state index is 0.101. The van der Waals surface area contributed by atoms with Gasteiger partial charge in [-0.2, -0.15) is 0 Å². The first-order valence-electron chi connectivity index (χ1n) is 5.93. The standard InChI is InChI=1S/C14H7Cl3N2O2/c15-9-3-1-2-8-12(9)19(14(21)13(8)20)6-7-5-18-11(17)4-10(7)16/h1-5H,6H2. The molecule has 0 atom stereocenters. The van der Waals surface area contributed by atoms with E-state index in [1.165, 1.54) is 17.2 Å². The molecule has 0 spiro atoms. The highest BCUT2D eigenvalue weighted by Gasteiger charge is 2.37. The third-order valence-electron chi connectivity index (χ3n) is 3.17. The first kappa shape index (κ1) is 14.3. The van der Waals surface area contributed by atoms with E-state index in [1.807, 2.05) is 0 Å². The Hall–Kier alpha value is -1.62. The van der Waals surface area contributed by atoms with Gasteiger partial charge in [-0.15, -0.1) is 0 Å². The van der Waals surface area contributed by atoms with Gasteiger partial charge in [0.25, 0.3) is 11.7 Å². The van der Waals surface area contributed by atoms with Crippen molar-refractivity contribution in [1.29, 1.82) is 0 Å². The van der Waals surface area contributed by atoms with Crippen molar-refractivity contribution < 1.29 is 9.59 Å². The number of ketones is 1. The normalized spacial score (nSPS) is 13.8. The van der Waals surface area contributed by atoms with Gasteiger partial charge in [-0.1, -0.05) is 40.9 Å². The van der Waals surface area contributed by atoms with Crippen LogP contribution in [0.2, 0.25) is 15.2 Å². The van der Waals surface area contributed by atoms with Crippen molar-refractivity contribution in [2.45, 2.75) is 6.54 Å². The Kier molecular flexibility index (Phi) is 3.61. The highest BCUT2D eigenvalue weighted by molar-refractivity contribution is 6.54. The number of amides is 1. The number of carbonyl (C=O) groups is 2. The minimum atomic E-state index is -0.635. The fraction of sp³-hybridized carbons (Fsp3) is 0.0714. The number of hydrogen-bond donors (Lipinski definition) is 0. The summed E-state index contributed by atoms with van der Waals surface area (Å²) in [4.78, 5) is 29.3. The molecule has 0 saturated heterocycles. The van der Waals surface area contributed by atoms with E-state index in [2.05, 4.69) is 4.98 Å². The third kappa shape index (κ3) is 2.39. The molecule has 1 amide bonds.